The molecule has 0 bridgehead atoms. The Labute approximate surface area is 105 Å². The monoisotopic (exact) mass is 242 g/mol. The summed E-state index contributed by atoms with van der Waals surface area (Å²) in [5, 5.41) is 3.94. The molecule has 0 saturated carbocycles. The first-order valence-corrected chi connectivity index (χ1v) is 5.97. The lowest BCUT2D eigenvalue weighted by Crippen LogP contribution is -2.39. The number of hydrogen-bond donors (Lipinski definition) is 3. The molecule has 5 nitrogen and oxygen atoms in total. The van der Waals surface area contributed by atoms with Gasteiger partial charge in [-0.05, 0) is 18.6 Å². The van der Waals surface area contributed by atoms with Crippen molar-refractivity contribution in [3.05, 3.63) is 36.5 Å². The number of carbonyl (C=O) groups excluding carboxylic acids is 1. The molecule has 1 atom stereocenters. The number of benzene rings is 1. The van der Waals surface area contributed by atoms with Gasteiger partial charge in [0.25, 0.3) is 0 Å². The van der Waals surface area contributed by atoms with E-state index >= 15 is 0 Å². The van der Waals surface area contributed by atoms with E-state index in [4.69, 9.17) is 0 Å². The second-order valence-electron chi connectivity index (χ2n) is 4.28. The number of amides is 1. The van der Waals surface area contributed by atoms with Crippen LogP contribution < -0.4 is 16.2 Å². The summed E-state index contributed by atoms with van der Waals surface area (Å²) in [5.41, 5.74) is 7.47. The summed E-state index contributed by atoms with van der Waals surface area (Å²) in [6.07, 6.45) is 2.53. The molecule has 1 aromatic carbocycles. The predicted molar refractivity (Wildman–Crippen MR) is 69.9 cm³/mol. The number of hydrogen-bond acceptors (Lipinski definition) is 4. The molecule has 1 aliphatic rings. The van der Waals surface area contributed by atoms with E-state index in [0.717, 1.165) is 29.6 Å². The van der Waals surface area contributed by atoms with Crippen LogP contribution in [0.5, 0.6) is 0 Å². The molecule has 0 radical (unpaired) electrons. The van der Waals surface area contributed by atoms with Crippen LogP contribution in [0.4, 0.5) is 5.69 Å². The number of pyridine rings is 1. The van der Waals surface area contributed by atoms with Gasteiger partial charge in [0, 0.05) is 18.1 Å². The van der Waals surface area contributed by atoms with Crippen LogP contribution in [0, 0.1) is 0 Å². The van der Waals surface area contributed by atoms with Gasteiger partial charge < -0.3 is 5.32 Å². The first-order valence-electron chi connectivity index (χ1n) is 5.97. The molecule has 92 valence electrons. The number of rotatable bonds is 2. The fourth-order valence-electron chi connectivity index (χ4n) is 2.11. The Hall–Kier alpha value is -1.98. The highest BCUT2D eigenvalue weighted by atomic mass is 16.2. The average molecular weight is 242 g/mol. The maximum Gasteiger partial charge on any atom is 0.242 e. The topological polar surface area (TPSA) is 66.0 Å². The fourth-order valence-corrected chi connectivity index (χ4v) is 2.11. The molecular formula is C13H14N4O. The zero-order chi connectivity index (χ0) is 12.4. The highest BCUT2D eigenvalue weighted by Crippen LogP contribution is 2.20. The maximum atomic E-state index is 12.0. The standard InChI is InChI=1S/C13H14N4O/c18-13(11-6-8-15-17-11)16-10-5-1-3-9-4-2-7-14-12(9)10/h1-5,7,11,15,17H,6,8H2,(H,16,18). The lowest BCUT2D eigenvalue weighted by molar-refractivity contribution is -0.117. The zero-order valence-electron chi connectivity index (χ0n) is 9.81. The molecule has 2 aromatic rings. The number of nitrogens with zero attached hydrogens (tertiary/aromatic N) is 1. The summed E-state index contributed by atoms with van der Waals surface area (Å²) < 4.78 is 0. The Bertz CT molecular complexity index is 573. The lowest BCUT2D eigenvalue weighted by Gasteiger charge is -2.11. The van der Waals surface area contributed by atoms with E-state index in [0.29, 0.717) is 0 Å². The van der Waals surface area contributed by atoms with Gasteiger partial charge in [0.15, 0.2) is 0 Å². The van der Waals surface area contributed by atoms with E-state index in [9.17, 15) is 4.79 Å². The largest absolute Gasteiger partial charge is 0.323 e. The number of para-hydroxylation sites is 1. The normalized spacial score (nSPS) is 19.0. The zero-order valence-corrected chi connectivity index (χ0v) is 9.81. The molecule has 1 saturated heterocycles. The van der Waals surface area contributed by atoms with Gasteiger partial charge in [-0.3, -0.25) is 15.2 Å². The van der Waals surface area contributed by atoms with Crippen LogP contribution in [0.25, 0.3) is 10.9 Å². The van der Waals surface area contributed by atoms with E-state index in [2.05, 4.69) is 21.2 Å². The second kappa shape index (κ2) is 4.72. The van der Waals surface area contributed by atoms with Crippen LogP contribution in [0.1, 0.15) is 6.42 Å². The summed E-state index contributed by atoms with van der Waals surface area (Å²) in [7, 11) is 0. The minimum Gasteiger partial charge on any atom is -0.323 e. The average Bonchev–Trinajstić information content (AvgIpc) is 2.93. The van der Waals surface area contributed by atoms with Crippen molar-refractivity contribution >= 4 is 22.5 Å². The van der Waals surface area contributed by atoms with Crippen molar-refractivity contribution in [1.82, 2.24) is 15.8 Å². The van der Waals surface area contributed by atoms with Gasteiger partial charge in [-0.25, -0.2) is 5.43 Å². The van der Waals surface area contributed by atoms with Crippen molar-refractivity contribution in [3.8, 4) is 0 Å². The molecule has 3 N–H and O–H groups in total. The van der Waals surface area contributed by atoms with Crippen LogP contribution in [0.15, 0.2) is 36.5 Å². The summed E-state index contributed by atoms with van der Waals surface area (Å²) >= 11 is 0. The third-order valence-corrected chi connectivity index (χ3v) is 3.04. The Morgan fingerprint density at radius 3 is 3.06 bits per heavy atom. The fraction of sp³-hybridized carbons (Fsp3) is 0.231. The molecule has 18 heavy (non-hydrogen) atoms. The second-order valence-corrected chi connectivity index (χ2v) is 4.28. The van der Waals surface area contributed by atoms with Crippen molar-refractivity contribution in [2.45, 2.75) is 12.5 Å². The Morgan fingerprint density at radius 1 is 1.33 bits per heavy atom. The molecule has 5 heteroatoms. The van der Waals surface area contributed by atoms with Crippen LogP contribution in [-0.4, -0.2) is 23.5 Å². The number of anilines is 1. The van der Waals surface area contributed by atoms with Gasteiger partial charge >= 0.3 is 0 Å². The molecule has 2 heterocycles. The van der Waals surface area contributed by atoms with E-state index in [-0.39, 0.29) is 11.9 Å². The van der Waals surface area contributed by atoms with Crippen molar-refractivity contribution in [2.75, 3.05) is 11.9 Å². The van der Waals surface area contributed by atoms with Crippen LogP contribution in [0.3, 0.4) is 0 Å². The molecular weight excluding hydrogens is 228 g/mol. The summed E-state index contributed by atoms with van der Waals surface area (Å²) in [5.74, 6) is -0.0295. The third-order valence-electron chi connectivity index (χ3n) is 3.04. The summed E-state index contributed by atoms with van der Waals surface area (Å²) in [6.45, 7) is 0.811. The van der Waals surface area contributed by atoms with Crippen molar-refractivity contribution in [2.24, 2.45) is 0 Å². The highest BCUT2D eigenvalue weighted by Gasteiger charge is 2.22. The number of fused-ring (bicyclic) bond motifs is 1. The predicted octanol–water partition coefficient (Wildman–Crippen LogP) is 1.04. The molecule has 1 amide bonds. The smallest absolute Gasteiger partial charge is 0.242 e. The lowest BCUT2D eigenvalue weighted by atomic mass is 10.1. The Balaban J connectivity index is 1.88. The number of carbonyl (C=O) groups is 1. The van der Waals surface area contributed by atoms with Gasteiger partial charge in [0.2, 0.25) is 5.91 Å². The number of aromatic nitrogens is 1. The van der Waals surface area contributed by atoms with Crippen molar-refractivity contribution in [1.29, 1.82) is 0 Å². The maximum absolute atomic E-state index is 12.0. The molecule has 1 unspecified atom stereocenters. The molecule has 1 aliphatic heterocycles. The first-order chi connectivity index (χ1) is 8.84. The quantitative estimate of drug-likeness (QED) is 0.736. The first kappa shape index (κ1) is 11.1. The van der Waals surface area contributed by atoms with E-state index in [1.54, 1.807) is 6.20 Å². The Kier molecular flexibility index (Phi) is 2.92. The van der Waals surface area contributed by atoms with Crippen LogP contribution >= 0.6 is 0 Å². The minimum atomic E-state index is -0.177. The van der Waals surface area contributed by atoms with Crippen molar-refractivity contribution < 1.29 is 4.79 Å². The molecule has 0 aliphatic carbocycles. The highest BCUT2D eigenvalue weighted by molar-refractivity contribution is 6.02. The third kappa shape index (κ3) is 2.05. The molecule has 0 spiro atoms. The van der Waals surface area contributed by atoms with Crippen molar-refractivity contribution in [3.63, 3.8) is 0 Å². The van der Waals surface area contributed by atoms with Crippen LogP contribution in [-0.2, 0) is 4.79 Å². The van der Waals surface area contributed by atoms with E-state index in [1.807, 2.05) is 30.3 Å². The van der Waals surface area contributed by atoms with Gasteiger partial charge in [0.1, 0.15) is 6.04 Å². The van der Waals surface area contributed by atoms with Crippen LogP contribution in [0.2, 0.25) is 0 Å². The van der Waals surface area contributed by atoms with Gasteiger partial charge in [-0.15, -0.1) is 0 Å². The van der Waals surface area contributed by atoms with Gasteiger partial charge in [-0.1, -0.05) is 18.2 Å². The molecule has 3 rings (SSSR count). The SMILES string of the molecule is O=C(Nc1cccc2cccnc12)C1CCNN1. The summed E-state index contributed by atoms with van der Waals surface area (Å²) in [6, 6.07) is 9.45. The minimum absolute atomic E-state index is 0.0295. The van der Waals surface area contributed by atoms with E-state index in [1.165, 1.54) is 0 Å². The molecule has 1 aromatic heterocycles. The van der Waals surface area contributed by atoms with Gasteiger partial charge in [-0.2, -0.15) is 0 Å². The molecule has 1 fully saturated rings. The number of nitrogens with one attached hydrogen (secondary N) is 3. The van der Waals surface area contributed by atoms with Gasteiger partial charge in [0.05, 0.1) is 11.2 Å². The number of hydrazine groups is 1. The summed E-state index contributed by atoms with van der Waals surface area (Å²) in [4.78, 5) is 16.3. The van der Waals surface area contributed by atoms with E-state index < -0.39 is 0 Å². The Morgan fingerprint density at radius 2 is 2.22 bits per heavy atom.